The van der Waals surface area contributed by atoms with Gasteiger partial charge in [0.1, 0.15) is 5.52 Å². The van der Waals surface area contributed by atoms with Crippen molar-refractivity contribution in [3.63, 3.8) is 0 Å². The number of thiophene rings is 1. The SMILES string of the molecule is c1cnc2cnn(Cc3ccsc3)c2c1. The van der Waals surface area contributed by atoms with Crippen LogP contribution in [0.4, 0.5) is 0 Å². The van der Waals surface area contributed by atoms with Crippen LogP contribution in [0.1, 0.15) is 5.56 Å². The summed E-state index contributed by atoms with van der Waals surface area (Å²) in [5.74, 6) is 0. The second-order valence-corrected chi connectivity index (χ2v) is 4.12. The Bertz CT molecular complexity index is 568. The fraction of sp³-hybridized carbons (Fsp3) is 0.0909. The van der Waals surface area contributed by atoms with Crippen molar-refractivity contribution in [3.8, 4) is 0 Å². The quantitative estimate of drug-likeness (QED) is 0.657. The normalized spacial score (nSPS) is 10.9. The van der Waals surface area contributed by atoms with Gasteiger partial charge in [-0.25, -0.2) is 0 Å². The Hall–Kier alpha value is -1.68. The van der Waals surface area contributed by atoms with Gasteiger partial charge in [0, 0.05) is 6.20 Å². The zero-order valence-corrected chi connectivity index (χ0v) is 8.81. The molecule has 0 aliphatic heterocycles. The topological polar surface area (TPSA) is 30.7 Å². The molecule has 74 valence electrons. The molecule has 3 heterocycles. The molecule has 0 atom stereocenters. The number of hydrogen-bond donors (Lipinski definition) is 0. The van der Waals surface area contributed by atoms with Gasteiger partial charge >= 0.3 is 0 Å². The van der Waals surface area contributed by atoms with E-state index in [2.05, 4.69) is 26.9 Å². The van der Waals surface area contributed by atoms with Crippen LogP contribution in [-0.4, -0.2) is 14.8 Å². The van der Waals surface area contributed by atoms with Gasteiger partial charge in [0.2, 0.25) is 0 Å². The standard InChI is InChI=1S/C11H9N3S/c1-2-11-10(12-4-1)6-13-14(11)7-9-3-5-15-8-9/h1-6,8H,7H2. The zero-order valence-electron chi connectivity index (χ0n) is 8.00. The lowest BCUT2D eigenvalue weighted by Crippen LogP contribution is -1.99. The van der Waals surface area contributed by atoms with Crippen LogP contribution in [-0.2, 0) is 6.54 Å². The summed E-state index contributed by atoms with van der Waals surface area (Å²) in [6.07, 6.45) is 3.60. The molecule has 0 bridgehead atoms. The molecule has 0 N–H and O–H groups in total. The number of pyridine rings is 1. The fourth-order valence-electron chi connectivity index (χ4n) is 1.59. The lowest BCUT2D eigenvalue weighted by atomic mass is 10.3. The Morgan fingerprint density at radius 2 is 2.33 bits per heavy atom. The first kappa shape index (κ1) is 8.61. The summed E-state index contributed by atoms with van der Waals surface area (Å²) in [6, 6.07) is 6.10. The molecular formula is C11H9N3S. The Labute approximate surface area is 91.0 Å². The van der Waals surface area contributed by atoms with Gasteiger partial charge in [-0.3, -0.25) is 9.67 Å². The van der Waals surface area contributed by atoms with Crippen LogP contribution in [0, 0.1) is 0 Å². The van der Waals surface area contributed by atoms with Crippen LogP contribution >= 0.6 is 11.3 Å². The van der Waals surface area contributed by atoms with E-state index in [4.69, 9.17) is 0 Å². The summed E-state index contributed by atoms with van der Waals surface area (Å²) < 4.78 is 1.98. The lowest BCUT2D eigenvalue weighted by Gasteiger charge is -2.00. The zero-order chi connectivity index (χ0) is 10.1. The summed E-state index contributed by atoms with van der Waals surface area (Å²) in [5, 5.41) is 8.55. The van der Waals surface area contributed by atoms with E-state index in [0.29, 0.717) is 0 Å². The minimum Gasteiger partial charge on any atom is -0.259 e. The summed E-state index contributed by atoms with van der Waals surface area (Å²) in [4.78, 5) is 4.25. The highest BCUT2D eigenvalue weighted by molar-refractivity contribution is 7.07. The molecule has 0 saturated carbocycles. The first-order valence-electron chi connectivity index (χ1n) is 4.71. The van der Waals surface area contributed by atoms with E-state index in [9.17, 15) is 0 Å². The highest BCUT2D eigenvalue weighted by Gasteiger charge is 2.03. The lowest BCUT2D eigenvalue weighted by molar-refractivity contribution is 0.714. The third kappa shape index (κ3) is 1.53. The summed E-state index contributed by atoms with van der Waals surface area (Å²) >= 11 is 1.71. The monoisotopic (exact) mass is 215 g/mol. The molecule has 0 spiro atoms. The number of fused-ring (bicyclic) bond motifs is 1. The van der Waals surface area contributed by atoms with E-state index in [1.165, 1.54) is 5.56 Å². The Morgan fingerprint density at radius 1 is 1.33 bits per heavy atom. The average molecular weight is 215 g/mol. The summed E-state index contributed by atoms with van der Waals surface area (Å²) in [7, 11) is 0. The first-order chi connectivity index (χ1) is 7.43. The van der Waals surface area contributed by atoms with E-state index in [0.717, 1.165) is 17.6 Å². The summed E-state index contributed by atoms with van der Waals surface area (Å²) in [6.45, 7) is 0.818. The highest BCUT2D eigenvalue weighted by atomic mass is 32.1. The van der Waals surface area contributed by atoms with Gasteiger partial charge in [0.05, 0.1) is 18.3 Å². The highest BCUT2D eigenvalue weighted by Crippen LogP contribution is 2.13. The maximum Gasteiger partial charge on any atom is 0.108 e. The molecule has 0 aromatic carbocycles. The molecule has 3 aromatic rings. The van der Waals surface area contributed by atoms with Crippen molar-refractivity contribution in [2.24, 2.45) is 0 Å². The van der Waals surface area contributed by atoms with Crippen molar-refractivity contribution in [1.29, 1.82) is 0 Å². The largest absolute Gasteiger partial charge is 0.259 e. The van der Waals surface area contributed by atoms with Crippen LogP contribution in [0.15, 0.2) is 41.4 Å². The van der Waals surface area contributed by atoms with Crippen molar-refractivity contribution in [1.82, 2.24) is 14.8 Å². The third-order valence-corrected chi connectivity index (χ3v) is 3.06. The Balaban J connectivity index is 2.05. The van der Waals surface area contributed by atoms with E-state index in [-0.39, 0.29) is 0 Å². The molecule has 0 aliphatic carbocycles. The maximum absolute atomic E-state index is 4.33. The minimum atomic E-state index is 0.818. The van der Waals surface area contributed by atoms with Gasteiger partial charge in [-0.1, -0.05) is 0 Å². The molecular weight excluding hydrogens is 206 g/mol. The number of aromatic nitrogens is 3. The van der Waals surface area contributed by atoms with E-state index < -0.39 is 0 Å². The van der Waals surface area contributed by atoms with Crippen molar-refractivity contribution in [3.05, 3.63) is 46.9 Å². The van der Waals surface area contributed by atoms with Crippen LogP contribution < -0.4 is 0 Å². The third-order valence-electron chi connectivity index (χ3n) is 2.33. The van der Waals surface area contributed by atoms with E-state index in [1.807, 2.05) is 23.0 Å². The van der Waals surface area contributed by atoms with Crippen molar-refractivity contribution < 1.29 is 0 Å². The molecule has 3 rings (SSSR count). The molecule has 0 saturated heterocycles. The van der Waals surface area contributed by atoms with E-state index >= 15 is 0 Å². The van der Waals surface area contributed by atoms with Crippen LogP contribution in [0.2, 0.25) is 0 Å². The molecule has 0 unspecified atom stereocenters. The van der Waals surface area contributed by atoms with Gasteiger partial charge in [-0.2, -0.15) is 16.4 Å². The van der Waals surface area contributed by atoms with Gasteiger partial charge in [-0.05, 0) is 34.5 Å². The van der Waals surface area contributed by atoms with Gasteiger partial charge < -0.3 is 0 Å². The number of hydrogen-bond acceptors (Lipinski definition) is 3. The molecule has 0 radical (unpaired) electrons. The maximum atomic E-state index is 4.33. The Morgan fingerprint density at radius 3 is 3.20 bits per heavy atom. The number of nitrogens with zero attached hydrogens (tertiary/aromatic N) is 3. The molecule has 3 nitrogen and oxygen atoms in total. The van der Waals surface area contributed by atoms with E-state index in [1.54, 1.807) is 17.5 Å². The predicted octanol–water partition coefficient (Wildman–Crippen LogP) is 2.54. The summed E-state index contributed by atoms with van der Waals surface area (Å²) in [5.41, 5.74) is 3.32. The van der Waals surface area contributed by atoms with Crippen molar-refractivity contribution >= 4 is 22.4 Å². The fourth-order valence-corrected chi connectivity index (χ4v) is 2.25. The second-order valence-electron chi connectivity index (χ2n) is 3.34. The van der Waals surface area contributed by atoms with Crippen LogP contribution in [0.5, 0.6) is 0 Å². The van der Waals surface area contributed by atoms with Gasteiger partial charge in [0.25, 0.3) is 0 Å². The molecule has 0 fully saturated rings. The van der Waals surface area contributed by atoms with Crippen molar-refractivity contribution in [2.45, 2.75) is 6.54 Å². The molecule has 3 aromatic heterocycles. The Kier molecular flexibility index (Phi) is 1.99. The molecule has 15 heavy (non-hydrogen) atoms. The van der Waals surface area contributed by atoms with Gasteiger partial charge in [0.15, 0.2) is 0 Å². The second kappa shape index (κ2) is 3.47. The predicted molar refractivity (Wildman–Crippen MR) is 60.9 cm³/mol. The van der Waals surface area contributed by atoms with Crippen LogP contribution in [0.3, 0.4) is 0 Å². The van der Waals surface area contributed by atoms with Crippen molar-refractivity contribution in [2.75, 3.05) is 0 Å². The molecule has 4 heteroatoms. The number of rotatable bonds is 2. The average Bonchev–Trinajstić information content (AvgIpc) is 2.89. The first-order valence-corrected chi connectivity index (χ1v) is 5.65. The van der Waals surface area contributed by atoms with Gasteiger partial charge in [-0.15, -0.1) is 0 Å². The van der Waals surface area contributed by atoms with Crippen LogP contribution in [0.25, 0.3) is 11.0 Å². The molecule has 0 amide bonds. The minimum absolute atomic E-state index is 0.818. The molecule has 0 aliphatic rings. The smallest absolute Gasteiger partial charge is 0.108 e.